The quantitative estimate of drug-likeness (QED) is 0.760. The molecule has 1 heterocycles. The molecular formula is C19H27ClN2. The van der Waals surface area contributed by atoms with Crippen molar-refractivity contribution < 1.29 is 0 Å². The van der Waals surface area contributed by atoms with Gasteiger partial charge in [-0.05, 0) is 36.5 Å². The van der Waals surface area contributed by atoms with Crippen LogP contribution in [0, 0.1) is 11.8 Å². The maximum Gasteiger partial charge on any atom is 0.0426 e. The van der Waals surface area contributed by atoms with E-state index in [-0.39, 0.29) is 0 Å². The molecule has 120 valence electrons. The number of hydrogen-bond acceptors (Lipinski definition) is 2. The van der Waals surface area contributed by atoms with Crippen molar-refractivity contribution in [3.05, 3.63) is 41.4 Å². The van der Waals surface area contributed by atoms with Crippen LogP contribution >= 0.6 is 11.6 Å². The topological polar surface area (TPSA) is 6.48 Å². The van der Waals surface area contributed by atoms with Crippen molar-refractivity contribution >= 4 is 17.3 Å². The zero-order valence-electron chi connectivity index (χ0n) is 13.7. The summed E-state index contributed by atoms with van der Waals surface area (Å²) in [5, 5.41) is 0.829. The zero-order chi connectivity index (χ0) is 15.5. The maximum atomic E-state index is 6.12. The standard InChI is InChI=1S/C19H27ClN2/c1-3-16-13-15(2)7-8-19(16)22-11-9-21(10-12-22)18-6-4-5-17(20)14-18/h4-8,14-16,19H,3,9-13H2,1-2H3. The second-order valence-corrected chi connectivity index (χ2v) is 7.20. The predicted octanol–water partition coefficient (Wildman–Crippen LogP) is 4.45. The van der Waals surface area contributed by atoms with Gasteiger partial charge in [-0.15, -0.1) is 0 Å². The summed E-state index contributed by atoms with van der Waals surface area (Å²) in [4.78, 5) is 5.14. The molecule has 1 fully saturated rings. The lowest BCUT2D eigenvalue weighted by molar-refractivity contribution is 0.144. The molecular weight excluding hydrogens is 292 g/mol. The first kappa shape index (κ1) is 15.9. The molecule has 1 aliphatic heterocycles. The Morgan fingerprint density at radius 1 is 1.14 bits per heavy atom. The number of allylic oxidation sites excluding steroid dienone is 1. The molecule has 0 saturated carbocycles. The highest BCUT2D eigenvalue weighted by Crippen LogP contribution is 2.30. The van der Waals surface area contributed by atoms with E-state index in [1.54, 1.807) is 0 Å². The first-order chi connectivity index (χ1) is 10.7. The summed E-state index contributed by atoms with van der Waals surface area (Å²) in [6.45, 7) is 9.16. The molecule has 3 heteroatoms. The van der Waals surface area contributed by atoms with Crippen LogP contribution in [0.1, 0.15) is 26.7 Å². The molecule has 1 aliphatic carbocycles. The Morgan fingerprint density at radius 2 is 1.91 bits per heavy atom. The van der Waals surface area contributed by atoms with Crippen molar-refractivity contribution in [1.82, 2.24) is 4.90 Å². The molecule has 0 N–H and O–H groups in total. The van der Waals surface area contributed by atoms with E-state index in [0.717, 1.165) is 43.0 Å². The van der Waals surface area contributed by atoms with Crippen LogP contribution in [0.3, 0.4) is 0 Å². The van der Waals surface area contributed by atoms with Crippen LogP contribution in [0.25, 0.3) is 0 Å². The Bertz CT molecular complexity index is 520. The number of nitrogens with zero attached hydrogens (tertiary/aromatic N) is 2. The fourth-order valence-corrected chi connectivity index (χ4v) is 4.12. The Morgan fingerprint density at radius 3 is 2.59 bits per heavy atom. The van der Waals surface area contributed by atoms with E-state index in [4.69, 9.17) is 11.6 Å². The van der Waals surface area contributed by atoms with Crippen molar-refractivity contribution in [2.24, 2.45) is 11.8 Å². The third kappa shape index (κ3) is 3.49. The summed E-state index contributed by atoms with van der Waals surface area (Å²) >= 11 is 6.12. The van der Waals surface area contributed by atoms with E-state index in [1.807, 2.05) is 12.1 Å². The minimum Gasteiger partial charge on any atom is -0.369 e. The lowest BCUT2D eigenvalue weighted by Crippen LogP contribution is -2.52. The van der Waals surface area contributed by atoms with Crippen molar-refractivity contribution in [3.8, 4) is 0 Å². The molecule has 3 atom stereocenters. The minimum atomic E-state index is 0.641. The van der Waals surface area contributed by atoms with Crippen LogP contribution in [0.4, 0.5) is 5.69 Å². The molecule has 2 nitrogen and oxygen atoms in total. The second kappa shape index (κ2) is 7.06. The van der Waals surface area contributed by atoms with E-state index < -0.39 is 0 Å². The number of anilines is 1. The monoisotopic (exact) mass is 318 g/mol. The Balaban J connectivity index is 1.63. The van der Waals surface area contributed by atoms with Gasteiger partial charge in [-0.3, -0.25) is 4.90 Å². The van der Waals surface area contributed by atoms with E-state index in [1.165, 1.54) is 18.5 Å². The predicted molar refractivity (Wildman–Crippen MR) is 95.7 cm³/mol. The van der Waals surface area contributed by atoms with Gasteiger partial charge in [0, 0.05) is 42.9 Å². The lowest BCUT2D eigenvalue weighted by Gasteiger charge is -2.43. The number of halogens is 1. The van der Waals surface area contributed by atoms with Crippen LogP contribution < -0.4 is 4.90 Å². The highest BCUT2D eigenvalue weighted by molar-refractivity contribution is 6.30. The summed E-state index contributed by atoms with van der Waals surface area (Å²) in [6.07, 6.45) is 7.51. The summed E-state index contributed by atoms with van der Waals surface area (Å²) in [5.74, 6) is 1.56. The zero-order valence-corrected chi connectivity index (χ0v) is 14.5. The molecule has 2 aliphatic rings. The number of piperazine rings is 1. The third-order valence-electron chi connectivity index (χ3n) is 5.23. The van der Waals surface area contributed by atoms with E-state index in [0.29, 0.717) is 6.04 Å². The van der Waals surface area contributed by atoms with Gasteiger partial charge in [-0.1, -0.05) is 50.1 Å². The third-order valence-corrected chi connectivity index (χ3v) is 5.46. The number of benzene rings is 1. The van der Waals surface area contributed by atoms with Crippen molar-refractivity contribution in [2.75, 3.05) is 31.1 Å². The molecule has 22 heavy (non-hydrogen) atoms. The highest BCUT2D eigenvalue weighted by atomic mass is 35.5. The van der Waals surface area contributed by atoms with Crippen LogP contribution in [-0.2, 0) is 0 Å². The Kier molecular flexibility index (Phi) is 5.10. The van der Waals surface area contributed by atoms with Crippen molar-refractivity contribution in [2.45, 2.75) is 32.7 Å². The van der Waals surface area contributed by atoms with E-state index in [2.05, 4.69) is 47.9 Å². The molecule has 1 saturated heterocycles. The number of hydrogen-bond donors (Lipinski definition) is 0. The molecule has 3 rings (SSSR count). The van der Waals surface area contributed by atoms with Gasteiger partial charge in [0.05, 0.1) is 0 Å². The van der Waals surface area contributed by atoms with Crippen LogP contribution in [-0.4, -0.2) is 37.1 Å². The molecule has 0 aromatic heterocycles. The van der Waals surface area contributed by atoms with Crippen LogP contribution in [0.2, 0.25) is 5.02 Å². The molecule has 0 spiro atoms. The average molecular weight is 319 g/mol. The normalized spacial score (nSPS) is 29.8. The van der Waals surface area contributed by atoms with E-state index >= 15 is 0 Å². The molecule has 1 aromatic rings. The van der Waals surface area contributed by atoms with Gasteiger partial charge in [0.1, 0.15) is 0 Å². The molecule has 1 aromatic carbocycles. The van der Waals surface area contributed by atoms with Crippen molar-refractivity contribution in [1.29, 1.82) is 0 Å². The molecule has 0 radical (unpaired) electrons. The molecule has 3 unspecified atom stereocenters. The van der Waals surface area contributed by atoms with Gasteiger partial charge in [0.2, 0.25) is 0 Å². The van der Waals surface area contributed by atoms with Gasteiger partial charge >= 0.3 is 0 Å². The summed E-state index contributed by atoms with van der Waals surface area (Å²) < 4.78 is 0. The highest BCUT2D eigenvalue weighted by Gasteiger charge is 2.30. The SMILES string of the molecule is CCC1CC(C)C=CC1N1CCN(c2cccc(Cl)c2)CC1. The average Bonchev–Trinajstić information content (AvgIpc) is 2.55. The number of rotatable bonds is 3. The van der Waals surface area contributed by atoms with Gasteiger partial charge in [0.15, 0.2) is 0 Å². The smallest absolute Gasteiger partial charge is 0.0426 e. The Labute approximate surface area is 139 Å². The second-order valence-electron chi connectivity index (χ2n) is 6.76. The Hall–Kier alpha value is -0.990. The summed E-state index contributed by atoms with van der Waals surface area (Å²) in [7, 11) is 0. The summed E-state index contributed by atoms with van der Waals surface area (Å²) in [6, 6.07) is 8.87. The first-order valence-corrected chi connectivity index (χ1v) is 8.98. The largest absolute Gasteiger partial charge is 0.369 e. The summed E-state index contributed by atoms with van der Waals surface area (Å²) in [5.41, 5.74) is 1.26. The lowest BCUT2D eigenvalue weighted by atomic mass is 9.81. The fraction of sp³-hybridized carbons (Fsp3) is 0.579. The molecule has 0 amide bonds. The van der Waals surface area contributed by atoms with Gasteiger partial charge in [0.25, 0.3) is 0 Å². The first-order valence-electron chi connectivity index (χ1n) is 8.60. The van der Waals surface area contributed by atoms with Gasteiger partial charge < -0.3 is 4.90 Å². The van der Waals surface area contributed by atoms with Crippen LogP contribution in [0.5, 0.6) is 0 Å². The fourth-order valence-electron chi connectivity index (χ4n) is 3.94. The maximum absolute atomic E-state index is 6.12. The van der Waals surface area contributed by atoms with Crippen LogP contribution in [0.15, 0.2) is 36.4 Å². The van der Waals surface area contributed by atoms with Gasteiger partial charge in [-0.25, -0.2) is 0 Å². The minimum absolute atomic E-state index is 0.641. The van der Waals surface area contributed by atoms with E-state index in [9.17, 15) is 0 Å². The van der Waals surface area contributed by atoms with Gasteiger partial charge in [-0.2, -0.15) is 0 Å². The molecule has 0 bridgehead atoms. The van der Waals surface area contributed by atoms with Crippen molar-refractivity contribution in [3.63, 3.8) is 0 Å².